The number of likely N-dealkylation sites (tertiary alicyclic amines) is 1. The van der Waals surface area contributed by atoms with Crippen molar-refractivity contribution in [3.8, 4) is 0 Å². The number of rotatable bonds is 4. The minimum atomic E-state index is -0.212. The fourth-order valence-corrected chi connectivity index (χ4v) is 2.17. The zero-order chi connectivity index (χ0) is 13.7. The Hall–Kier alpha value is -1.82. The Bertz CT molecular complexity index is 430. The molecule has 1 fully saturated rings. The Morgan fingerprint density at radius 3 is 3.11 bits per heavy atom. The third-order valence-electron chi connectivity index (χ3n) is 3.16. The van der Waals surface area contributed by atoms with Crippen LogP contribution in [0.3, 0.4) is 0 Å². The van der Waals surface area contributed by atoms with Gasteiger partial charge in [0.15, 0.2) is 0 Å². The summed E-state index contributed by atoms with van der Waals surface area (Å²) < 4.78 is 4.91. The van der Waals surface area contributed by atoms with Crippen molar-refractivity contribution in [3.63, 3.8) is 0 Å². The minimum Gasteiger partial charge on any atom is -0.472 e. The van der Waals surface area contributed by atoms with Crippen molar-refractivity contribution in [3.05, 3.63) is 24.2 Å². The van der Waals surface area contributed by atoms with E-state index in [2.05, 4.69) is 5.48 Å². The third-order valence-corrected chi connectivity index (χ3v) is 3.16. The van der Waals surface area contributed by atoms with Gasteiger partial charge in [-0.3, -0.25) is 14.4 Å². The Labute approximate surface area is 111 Å². The molecule has 1 saturated heterocycles. The summed E-state index contributed by atoms with van der Waals surface area (Å²) in [4.78, 5) is 30.5. The molecule has 1 N–H and O–H groups in total. The average Bonchev–Trinajstić information content (AvgIpc) is 2.98. The molecule has 0 aliphatic carbocycles. The minimum absolute atomic E-state index is 0.0948. The van der Waals surface area contributed by atoms with Crippen LogP contribution >= 0.6 is 0 Å². The molecule has 0 aromatic carbocycles. The quantitative estimate of drug-likeness (QED) is 0.831. The molecule has 1 aliphatic rings. The third kappa shape index (κ3) is 3.35. The van der Waals surface area contributed by atoms with E-state index in [4.69, 9.17) is 9.25 Å². The molecular weight excluding hydrogens is 248 g/mol. The van der Waals surface area contributed by atoms with E-state index in [1.54, 1.807) is 17.9 Å². The topological polar surface area (TPSA) is 71.8 Å². The molecule has 1 atom stereocenters. The van der Waals surface area contributed by atoms with Crippen molar-refractivity contribution in [1.82, 2.24) is 10.4 Å². The molecule has 104 valence electrons. The summed E-state index contributed by atoms with van der Waals surface area (Å²) in [5, 5.41) is 0. The summed E-state index contributed by atoms with van der Waals surface area (Å²) in [6, 6.07) is 1.63. The SMILES string of the molecule is CCONC(=O)C1CCCN(C(=O)c2ccoc2)C1. The van der Waals surface area contributed by atoms with Crippen molar-refractivity contribution in [2.75, 3.05) is 19.7 Å². The van der Waals surface area contributed by atoms with Crippen LogP contribution in [0.15, 0.2) is 23.0 Å². The second-order valence-corrected chi connectivity index (χ2v) is 4.50. The van der Waals surface area contributed by atoms with E-state index in [1.807, 2.05) is 0 Å². The summed E-state index contributed by atoms with van der Waals surface area (Å²) >= 11 is 0. The van der Waals surface area contributed by atoms with Gasteiger partial charge >= 0.3 is 0 Å². The van der Waals surface area contributed by atoms with Gasteiger partial charge in [-0.1, -0.05) is 0 Å². The molecule has 1 aromatic heterocycles. The normalized spacial score (nSPS) is 19.2. The highest BCUT2D eigenvalue weighted by molar-refractivity contribution is 5.94. The van der Waals surface area contributed by atoms with E-state index in [9.17, 15) is 9.59 Å². The lowest BCUT2D eigenvalue weighted by molar-refractivity contribution is -0.138. The van der Waals surface area contributed by atoms with E-state index in [0.29, 0.717) is 25.3 Å². The molecule has 1 unspecified atom stereocenters. The molecule has 2 amide bonds. The zero-order valence-corrected chi connectivity index (χ0v) is 10.9. The summed E-state index contributed by atoms with van der Waals surface area (Å²) in [6.45, 7) is 3.32. The van der Waals surface area contributed by atoms with E-state index >= 15 is 0 Å². The van der Waals surface area contributed by atoms with Crippen molar-refractivity contribution in [2.24, 2.45) is 5.92 Å². The van der Waals surface area contributed by atoms with Gasteiger partial charge in [0.1, 0.15) is 6.26 Å². The summed E-state index contributed by atoms with van der Waals surface area (Å²) in [5.41, 5.74) is 2.92. The zero-order valence-electron chi connectivity index (χ0n) is 10.9. The molecule has 2 rings (SSSR count). The number of carbonyl (C=O) groups is 2. The van der Waals surface area contributed by atoms with Crippen LogP contribution in [0.25, 0.3) is 0 Å². The maximum Gasteiger partial charge on any atom is 0.257 e. The van der Waals surface area contributed by atoms with Gasteiger partial charge < -0.3 is 9.32 Å². The molecular formula is C13H18N2O4. The summed E-state index contributed by atoms with van der Waals surface area (Å²) in [7, 11) is 0. The average molecular weight is 266 g/mol. The summed E-state index contributed by atoms with van der Waals surface area (Å²) in [6.07, 6.45) is 4.48. The number of nitrogens with one attached hydrogen (secondary N) is 1. The molecule has 6 heteroatoms. The number of amides is 2. The molecule has 6 nitrogen and oxygen atoms in total. The second kappa shape index (κ2) is 6.38. The maximum atomic E-state index is 12.1. The first kappa shape index (κ1) is 13.6. The molecule has 1 aromatic rings. The fourth-order valence-electron chi connectivity index (χ4n) is 2.17. The highest BCUT2D eigenvalue weighted by atomic mass is 16.6. The van der Waals surface area contributed by atoms with E-state index in [1.165, 1.54) is 12.5 Å². The Morgan fingerprint density at radius 2 is 2.42 bits per heavy atom. The molecule has 0 radical (unpaired) electrons. The Balaban J connectivity index is 1.93. The molecule has 0 spiro atoms. The molecule has 1 aliphatic heterocycles. The predicted octanol–water partition coefficient (Wildman–Crippen LogP) is 1.20. The maximum absolute atomic E-state index is 12.1. The first-order valence-corrected chi connectivity index (χ1v) is 6.45. The number of furan rings is 1. The van der Waals surface area contributed by atoms with E-state index in [0.717, 1.165) is 12.8 Å². The second-order valence-electron chi connectivity index (χ2n) is 4.50. The van der Waals surface area contributed by atoms with Crippen LogP contribution in [-0.4, -0.2) is 36.4 Å². The molecule has 0 saturated carbocycles. The first-order valence-electron chi connectivity index (χ1n) is 6.45. The number of hydrogen-bond acceptors (Lipinski definition) is 4. The van der Waals surface area contributed by atoms with Crippen molar-refractivity contribution in [1.29, 1.82) is 0 Å². The Morgan fingerprint density at radius 1 is 1.58 bits per heavy atom. The summed E-state index contributed by atoms with van der Waals surface area (Å²) in [5.74, 6) is -0.467. The lowest BCUT2D eigenvalue weighted by atomic mass is 9.97. The monoisotopic (exact) mass is 266 g/mol. The highest BCUT2D eigenvalue weighted by Gasteiger charge is 2.29. The van der Waals surface area contributed by atoms with Crippen LogP contribution in [0.4, 0.5) is 0 Å². The first-order chi connectivity index (χ1) is 9.22. The highest BCUT2D eigenvalue weighted by Crippen LogP contribution is 2.19. The van der Waals surface area contributed by atoms with Gasteiger partial charge in [0.25, 0.3) is 5.91 Å². The number of piperidine rings is 1. The van der Waals surface area contributed by atoms with E-state index < -0.39 is 0 Å². The van der Waals surface area contributed by atoms with Gasteiger partial charge in [-0.05, 0) is 25.8 Å². The smallest absolute Gasteiger partial charge is 0.257 e. The van der Waals surface area contributed by atoms with Gasteiger partial charge in [-0.2, -0.15) is 0 Å². The predicted molar refractivity (Wildman–Crippen MR) is 67.1 cm³/mol. The molecule has 2 heterocycles. The number of nitrogens with zero attached hydrogens (tertiary/aromatic N) is 1. The number of carbonyl (C=O) groups excluding carboxylic acids is 2. The standard InChI is InChI=1S/C13H18N2O4/c1-2-19-14-12(16)10-4-3-6-15(8-10)13(17)11-5-7-18-9-11/h5,7,9-10H,2-4,6,8H2,1H3,(H,14,16). The van der Waals surface area contributed by atoms with Crippen LogP contribution in [0.5, 0.6) is 0 Å². The van der Waals surface area contributed by atoms with Crippen molar-refractivity contribution >= 4 is 11.8 Å². The largest absolute Gasteiger partial charge is 0.472 e. The Kier molecular flexibility index (Phi) is 4.57. The fraction of sp³-hybridized carbons (Fsp3) is 0.538. The van der Waals surface area contributed by atoms with Crippen molar-refractivity contribution in [2.45, 2.75) is 19.8 Å². The van der Waals surface area contributed by atoms with Crippen LogP contribution in [0, 0.1) is 5.92 Å². The molecule has 19 heavy (non-hydrogen) atoms. The van der Waals surface area contributed by atoms with Crippen LogP contribution in [0.1, 0.15) is 30.1 Å². The van der Waals surface area contributed by atoms with Gasteiger partial charge in [-0.15, -0.1) is 0 Å². The number of hydrogen-bond donors (Lipinski definition) is 1. The lowest BCUT2D eigenvalue weighted by Gasteiger charge is -2.31. The van der Waals surface area contributed by atoms with Gasteiger partial charge in [0.05, 0.1) is 24.4 Å². The van der Waals surface area contributed by atoms with Crippen LogP contribution in [-0.2, 0) is 9.63 Å². The van der Waals surface area contributed by atoms with Gasteiger partial charge in [-0.25, -0.2) is 5.48 Å². The van der Waals surface area contributed by atoms with Crippen LogP contribution < -0.4 is 5.48 Å². The van der Waals surface area contributed by atoms with Crippen molar-refractivity contribution < 1.29 is 18.8 Å². The van der Waals surface area contributed by atoms with E-state index in [-0.39, 0.29) is 17.7 Å². The lowest BCUT2D eigenvalue weighted by Crippen LogP contribution is -2.45. The van der Waals surface area contributed by atoms with Gasteiger partial charge in [0, 0.05) is 13.1 Å². The molecule has 0 bridgehead atoms. The number of hydroxylamine groups is 1. The van der Waals surface area contributed by atoms with Gasteiger partial charge in [0.2, 0.25) is 5.91 Å². The van der Waals surface area contributed by atoms with Crippen LogP contribution in [0.2, 0.25) is 0 Å².